The summed E-state index contributed by atoms with van der Waals surface area (Å²) >= 11 is 2.61. The Morgan fingerprint density at radius 3 is 2.22 bits per heavy atom. The maximum absolute atomic E-state index is 14.0. The molecule has 0 aliphatic heterocycles. The van der Waals surface area contributed by atoms with Gasteiger partial charge >= 0.3 is 5.97 Å². The second kappa shape index (κ2) is 15.3. The molecule has 0 radical (unpaired) electrons. The standard InChI is InChI=1S/C36H32N2O6S2/c1-4-44-36(41)31-28(23-12-7-5-8-13-23)22-45-35(31)38-34(40)32(24-14-9-6-10-15-24)46-27-17-11-16-26(21-27)37-33(39)25-18-19-29(42-2)30(20-25)43-3/h5-22,32H,4H2,1-3H3,(H,37,39)(H,38,40). The van der Waals surface area contributed by atoms with Crippen LogP contribution in [0.4, 0.5) is 10.7 Å². The highest BCUT2D eigenvalue weighted by molar-refractivity contribution is 8.00. The summed E-state index contributed by atoms with van der Waals surface area (Å²) in [5.74, 6) is -0.151. The average Bonchev–Trinajstić information content (AvgIpc) is 3.51. The molecule has 1 atom stereocenters. The molecular formula is C36H32N2O6S2. The Hall–Kier alpha value is -5.06. The molecule has 0 aliphatic rings. The molecule has 0 spiro atoms. The van der Waals surface area contributed by atoms with E-state index in [2.05, 4.69) is 10.6 Å². The molecule has 0 bridgehead atoms. The zero-order chi connectivity index (χ0) is 32.5. The summed E-state index contributed by atoms with van der Waals surface area (Å²) < 4.78 is 16.0. The van der Waals surface area contributed by atoms with E-state index >= 15 is 0 Å². The third kappa shape index (κ3) is 7.59. The van der Waals surface area contributed by atoms with E-state index in [1.807, 2.05) is 84.2 Å². The molecule has 4 aromatic carbocycles. The van der Waals surface area contributed by atoms with Gasteiger partial charge < -0.3 is 24.8 Å². The average molecular weight is 653 g/mol. The van der Waals surface area contributed by atoms with E-state index < -0.39 is 11.2 Å². The largest absolute Gasteiger partial charge is 0.493 e. The molecule has 1 unspecified atom stereocenters. The third-order valence-corrected chi connectivity index (χ3v) is 9.07. The number of ether oxygens (including phenoxy) is 3. The van der Waals surface area contributed by atoms with Crippen molar-refractivity contribution in [2.75, 3.05) is 31.5 Å². The lowest BCUT2D eigenvalue weighted by molar-refractivity contribution is -0.115. The third-order valence-electron chi connectivity index (χ3n) is 6.92. The normalized spacial score (nSPS) is 11.3. The van der Waals surface area contributed by atoms with Crippen LogP contribution in [0.1, 0.15) is 38.5 Å². The fraction of sp³-hybridized carbons (Fsp3) is 0.139. The van der Waals surface area contributed by atoms with Crippen LogP contribution in [0.2, 0.25) is 0 Å². The fourth-order valence-corrected chi connectivity index (χ4v) is 6.77. The number of thioether (sulfide) groups is 1. The minimum absolute atomic E-state index is 0.206. The molecule has 2 amide bonds. The zero-order valence-corrected chi connectivity index (χ0v) is 27.1. The lowest BCUT2D eigenvalue weighted by Gasteiger charge is -2.18. The zero-order valence-electron chi connectivity index (χ0n) is 25.4. The summed E-state index contributed by atoms with van der Waals surface area (Å²) in [6.07, 6.45) is 0. The Morgan fingerprint density at radius 1 is 0.804 bits per heavy atom. The van der Waals surface area contributed by atoms with Gasteiger partial charge in [0.2, 0.25) is 5.91 Å². The Kier molecular flexibility index (Phi) is 10.7. The van der Waals surface area contributed by atoms with Crippen molar-refractivity contribution in [1.29, 1.82) is 0 Å². The monoisotopic (exact) mass is 652 g/mol. The second-order valence-corrected chi connectivity index (χ2v) is 11.9. The maximum atomic E-state index is 14.0. The number of benzene rings is 4. The molecule has 0 aliphatic carbocycles. The van der Waals surface area contributed by atoms with E-state index in [4.69, 9.17) is 14.2 Å². The van der Waals surface area contributed by atoms with Crippen molar-refractivity contribution in [3.05, 3.63) is 125 Å². The van der Waals surface area contributed by atoms with Crippen LogP contribution >= 0.6 is 23.1 Å². The van der Waals surface area contributed by atoms with Gasteiger partial charge in [0, 0.05) is 27.1 Å². The number of thiophene rings is 1. The minimum atomic E-state index is -0.671. The van der Waals surface area contributed by atoms with E-state index in [-0.39, 0.29) is 18.4 Å². The van der Waals surface area contributed by atoms with Crippen LogP contribution in [-0.4, -0.2) is 38.6 Å². The molecule has 0 saturated heterocycles. The Balaban J connectivity index is 1.40. The highest BCUT2D eigenvalue weighted by Crippen LogP contribution is 2.40. The summed E-state index contributed by atoms with van der Waals surface area (Å²) in [6, 6.07) is 31.2. The lowest BCUT2D eigenvalue weighted by Crippen LogP contribution is -2.20. The number of nitrogens with one attached hydrogen (secondary N) is 2. The summed E-state index contributed by atoms with van der Waals surface area (Å²) in [7, 11) is 3.04. The number of hydrogen-bond acceptors (Lipinski definition) is 8. The van der Waals surface area contributed by atoms with Crippen LogP contribution in [0.3, 0.4) is 0 Å². The van der Waals surface area contributed by atoms with Gasteiger partial charge in [0.1, 0.15) is 15.8 Å². The van der Waals surface area contributed by atoms with Crippen molar-refractivity contribution in [2.24, 2.45) is 0 Å². The molecule has 234 valence electrons. The first-order valence-electron chi connectivity index (χ1n) is 14.4. The highest BCUT2D eigenvalue weighted by Gasteiger charge is 2.27. The molecule has 46 heavy (non-hydrogen) atoms. The van der Waals surface area contributed by atoms with E-state index in [9.17, 15) is 14.4 Å². The Bertz CT molecular complexity index is 1830. The van der Waals surface area contributed by atoms with Crippen molar-refractivity contribution < 1.29 is 28.6 Å². The molecular weight excluding hydrogens is 621 g/mol. The summed E-state index contributed by atoms with van der Waals surface area (Å²) in [5.41, 5.74) is 3.61. The molecule has 2 N–H and O–H groups in total. The fourth-order valence-electron chi connectivity index (χ4n) is 4.73. The Labute approximate surface area is 275 Å². The van der Waals surface area contributed by atoms with Crippen molar-refractivity contribution in [3.8, 4) is 22.6 Å². The van der Waals surface area contributed by atoms with Gasteiger partial charge in [0.15, 0.2) is 11.5 Å². The number of carbonyl (C=O) groups is 3. The van der Waals surface area contributed by atoms with Crippen LogP contribution in [0.25, 0.3) is 11.1 Å². The summed E-state index contributed by atoms with van der Waals surface area (Å²) in [4.78, 5) is 40.9. The summed E-state index contributed by atoms with van der Waals surface area (Å²) in [6.45, 7) is 1.95. The minimum Gasteiger partial charge on any atom is -0.493 e. The van der Waals surface area contributed by atoms with Crippen LogP contribution in [0.15, 0.2) is 113 Å². The van der Waals surface area contributed by atoms with Crippen molar-refractivity contribution >= 4 is 51.6 Å². The van der Waals surface area contributed by atoms with Gasteiger partial charge in [-0.1, -0.05) is 66.7 Å². The second-order valence-electron chi connectivity index (χ2n) is 9.89. The van der Waals surface area contributed by atoms with Crippen molar-refractivity contribution in [3.63, 3.8) is 0 Å². The predicted octanol–water partition coefficient (Wildman–Crippen LogP) is 8.33. The highest BCUT2D eigenvalue weighted by atomic mass is 32.2. The van der Waals surface area contributed by atoms with Crippen molar-refractivity contribution in [2.45, 2.75) is 17.1 Å². The first-order valence-corrected chi connectivity index (χ1v) is 16.2. The van der Waals surface area contributed by atoms with Crippen LogP contribution < -0.4 is 20.1 Å². The molecule has 5 aromatic rings. The van der Waals surface area contributed by atoms with Crippen molar-refractivity contribution in [1.82, 2.24) is 0 Å². The maximum Gasteiger partial charge on any atom is 0.341 e. The number of carbonyl (C=O) groups excluding carboxylic acids is 3. The predicted molar refractivity (Wildman–Crippen MR) is 183 cm³/mol. The SMILES string of the molecule is CCOC(=O)c1c(-c2ccccc2)csc1NC(=O)C(Sc1cccc(NC(=O)c2ccc(OC)c(OC)c2)c1)c1ccccc1. The molecule has 1 aromatic heterocycles. The smallest absolute Gasteiger partial charge is 0.341 e. The number of rotatable bonds is 12. The van der Waals surface area contributed by atoms with Gasteiger partial charge in [0.05, 0.1) is 20.8 Å². The molecule has 0 fully saturated rings. The molecule has 8 nitrogen and oxygen atoms in total. The number of amides is 2. The van der Waals surface area contributed by atoms with Gasteiger partial charge in [-0.25, -0.2) is 4.79 Å². The molecule has 0 saturated carbocycles. The van der Waals surface area contributed by atoms with Gasteiger partial charge in [-0.2, -0.15) is 0 Å². The number of anilines is 2. The number of methoxy groups -OCH3 is 2. The number of hydrogen-bond donors (Lipinski definition) is 2. The van der Waals surface area contributed by atoms with Crippen LogP contribution in [0, 0.1) is 0 Å². The molecule has 10 heteroatoms. The Morgan fingerprint density at radius 2 is 1.52 bits per heavy atom. The quantitative estimate of drug-likeness (QED) is 0.103. The van der Waals surface area contributed by atoms with Gasteiger partial charge in [-0.3, -0.25) is 9.59 Å². The van der Waals surface area contributed by atoms with E-state index in [0.29, 0.717) is 38.9 Å². The van der Waals surface area contributed by atoms with E-state index in [1.165, 1.54) is 37.3 Å². The topological polar surface area (TPSA) is 103 Å². The lowest BCUT2D eigenvalue weighted by atomic mass is 10.0. The van der Waals surface area contributed by atoms with E-state index in [1.54, 1.807) is 31.2 Å². The first-order chi connectivity index (χ1) is 22.4. The van der Waals surface area contributed by atoms with Gasteiger partial charge in [-0.15, -0.1) is 23.1 Å². The molecule has 5 rings (SSSR count). The summed E-state index contributed by atoms with van der Waals surface area (Å²) in [5, 5.41) is 7.53. The van der Waals surface area contributed by atoms with Gasteiger partial charge in [-0.05, 0) is 54.4 Å². The number of esters is 1. The van der Waals surface area contributed by atoms with Crippen LogP contribution in [0.5, 0.6) is 11.5 Å². The van der Waals surface area contributed by atoms with Crippen LogP contribution in [-0.2, 0) is 9.53 Å². The molecule has 1 heterocycles. The first kappa shape index (κ1) is 32.3. The van der Waals surface area contributed by atoms with Gasteiger partial charge in [0.25, 0.3) is 5.91 Å². The van der Waals surface area contributed by atoms with E-state index in [0.717, 1.165) is 16.0 Å².